The minimum Gasteiger partial charge on any atom is -0.493 e. The average Bonchev–Trinajstić information content (AvgIpc) is 2.73. The highest BCUT2D eigenvalue weighted by Crippen LogP contribution is 2.30. The molecular formula is C21H20F2N2O3S. The number of anilines is 1. The van der Waals surface area contributed by atoms with Crippen LogP contribution >= 0.6 is 11.8 Å². The number of ether oxygens (including phenoxy) is 2. The maximum atomic E-state index is 12.4. The van der Waals surface area contributed by atoms with Gasteiger partial charge in [0.2, 0.25) is 0 Å². The van der Waals surface area contributed by atoms with Gasteiger partial charge in [-0.05, 0) is 54.5 Å². The average molecular weight is 418 g/mol. The molecule has 0 fully saturated rings. The quantitative estimate of drug-likeness (QED) is 0.501. The van der Waals surface area contributed by atoms with E-state index in [4.69, 9.17) is 4.74 Å². The van der Waals surface area contributed by atoms with Crippen LogP contribution in [0, 0.1) is 0 Å². The molecule has 0 aliphatic carbocycles. The van der Waals surface area contributed by atoms with Gasteiger partial charge in [-0.2, -0.15) is 8.78 Å². The largest absolute Gasteiger partial charge is 0.493 e. The van der Waals surface area contributed by atoms with Crippen LogP contribution in [0.25, 0.3) is 6.08 Å². The highest BCUT2D eigenvalue weighted by Gasteiger charge is 2.11. The zero-order valence-electron chi connectivity index (χ0n) is 15.7. The van der Waals surface area contributed by atoms with Crippen molar-refractivity contribution < 1.29 is 23.0 Å². The maximum Gasteiger partial charge on any atom is 0.387 e. The molecule has 0 saturated carbocycles. The lowest BCUT2D eigenvalue weighted by molar-refractivity contribution is -0.0512. The van der Waals surface area contributed by atoms with Gasteiger partial charge in [0, 0.05) is 23.5 Å². The van der Waals surface area contributed by atoms with Crippen LogP contribution in [0.2, 0.25) is 0 Å². The molecule has 3 rings (SSSR count). The van der Waals surface area contributed by atoms with Gasteiger partial charge in [-0.25, -0.2) is 0 Å². The Hall–Kier alpha value is -2.87. The highest BCUT2D eigenvalue weighted by atomic mass is 32.2. The van der Waals surface area contributed by atoms with Crippen molar-refractivity contribution in [3.63, 3.8) is 0 Å². The molecule has 0 unspecified atom stereocenters. The second kappa shape index (κ2) is 10.1. The number of rotatable bonds is 7. The SMILES string of the molecule is COc1cc(/C=C/C(=O)c2ccc(NC3=NCCCS3)cc2)ccc1OC(F)F. The topological polar surface area (TPSA) is 59.9 Å². The van der Waals surface area contributed by atoms with Gasteiger partial charge in [0.05, 0.1) is 7.11 Å². The number of thioether (sulfide) groups is 1. The summed E-state index contributed by atoms with van der Waals surface area (Å²) in [6.07, 6.45) is 4.10. The van der Waals surface area contributed by atoms with Gasteiger partial charge >= 0.3 is 6.61 Å². The van der Waals surface area contributed by atoms with Gasteiger partial charge in [-0.15, -0.1) is 0 Å². The van der Waals surface area contributed by atoms with Crippen molar-refractivity contribution in [2.75, 3.05) is 24.7 Å². The number of amidine groups is 1. The van der Waals surface area contributed by atoms with Crippen molar-refractivity contribution in [1.29, 1.82) is 0 Å². The van der Waals surface area contributed by atoms with Crippen LogP contribution in [0.3, 0.4) is 0 Å². The molecule has 0 radical (unpaired) electrons. The van der Waals surface area contributed by atoms with E-state index in [1.807, 2.05) is 12.1 Å². The molecule has 0 spiro atoms. The molecular weight excluding hydrogens is 398 g/mol. The summed E-state index contributed by atoms with van der Waals surface area (Å²) in [6, 6.07) is 11.6. The molecule has 1 aliphatic heterocycles. The number of carbonyl (C=O) groups is 1. The molecule has 1 N–H and O–H groups in total. The normalized spacial score (nSPS) is 14.0. The van der Waals surface area contributed by atoms with Gasteiger partial charge in [-0.3, -0.25) is 9.79 Å². The number of nitrogens with zero attached hydrogens (tertiary/aromatic N) is 1. The zero-order valence-corrected chi connectivity index (χ0v) is 16.5. The number of benzene rings is 2. The van der Waals surface area contributed by atoms with E-state index in [9.17, 15) is 13.6 Å². The first-order chi connectivity index (χ1) is 14.0. The number of alkyl halides is 2. The standard InChI is InChI=1S/C21H20F2N2O3S/c1-27-19-13-14(4-10-18(19)28-20(22)23)3-9-17(26)15-5-7-16(8-6-15)25-21-24-11-2-12-29-21/h3-10,13,20H,2,11-12H2,1H3,(H,24,25)/b9-3+. The Balaban J connectivity index is 1.64. The molecule has 0 atom stereocenters. The fourth-order valence-corrected chi connectivity index (χ4v) is 3.47. The van der Waals surface area contributed by atoms with E-state index >= 15 is 0 Å². The number of halogens is 2. The van der Waals surface area contributed by atoms with Crippen LogP contribution in [0.1, 0.15) is 22.3 Å². The third-order valence-corrected chi connectivity index (χ3v) is 5.05. The molecule has 1 aliphatic rings. The van der Waals surface area contributed by atoms with Crippen molar-refractivity contribution in [2.24, 2.45) is 4.99 Å². The van der Waals surface area contributed by atoms with Gasteiger partial charge in [0.1, 0.15) is 0 Å². The van der Waals surface area contributed by atoms with Crippen LogP contribution < -0.4 is 14.8 Å². The number of methoxy groups -OCH3 is 1. The fourth-order valence-electron chi connectivity index (χ4n) is 2.63. The molecule has 0 amide bonds. The lowest BCUT2D eigenvalue weighted by Gasteiger charge is -2.13. The lowest BCUT2D eigenvalue weighted by atomic mass is 10.1. The Morgan fingerprint density at radius 1 is 1.21 bits per heavy atom. The molecule has 29 heavy (non-hydrogen) atoms. The van der Waals surface area contributed by atoms with Gasteiger partial charge in [0.15, 0.2) is 22.4 Å². The van der Waals surface area contributed by atoms with Crippen molar-refractivity contribution in [1.82, 2.24) is 0 Å². The van der Waals surface area contributed by atoms with E-state index in [1.165, 1.54) is 25.3 Å². The summed E-state index contributed by atoms with van der Waals surface area (Å²) in [5.41, 5.74) is 2.04. The number of ketones is 1. The van der Waals surface area contributed by atoms with Gasteiger partial charge in [0.25, 0.3) is 0 Å². The van der Waals surface area contributed by atoms with Crippen molar-refractivity contribution >= 4 is 34.5 Å². The molecule has 2 aromatic rings. The summed E-state index contributed by atoms with van der Waals surface area (Å²) < 4.78 is 34.2. The molecule has 152 valence electrons. The molecule has 0 saturated heterocycles. The Morgan fingerprint density at radius 3 is 2.66 bits per heavy atom. The van der Waals surface area contributed by atoms with E-state index < -0.39 is 6.61 Å². The van der Waals surface area contributed by atoms with Crippen LogP contribution in [0.4, 0.5) is 14.5 Å². The first-order valence-corrected chi connectivity index (χ1v) is 9.93. The van der Waals surface area contributed by atoms with Gasteiger partial charge in [-0.1, -0.05) is 23.9 Å². The first-order valence-electron chi connectivity index (χ1n) is 8.95. The molecule has 2 aromatic carbocycles. The third-order valence-electron chi connectivity index (χ3n) is 4.05. The predicted molar refractivity (Wildman–Crippen MR) is 112 cm³/mol. The Morgan fingerprint density at radius 2 is 2.00 bits per heavy atom. The fraction of sp³-hybridized carbons (Fsp3) is 0.238. The molecule has 0 bridgehead atoms. The van der Waals surface area contributed by atoms with Crippen LogP contribution in [-0.2, 0) is 0 Å². The zero-order chi connectivity index (χ0) is 20.6. The number of nitrogens with one attached hydrogen (secondary N) is 1. The molecule has 5 nitrogen and oxygen atoms in total. The van der Waals surface area contributed by atoms with Crippen LogP contribution in [-0.4, -0.2) is 37.0 Å². The van der Waals surface area contributed by atoms with E-state index in [-0.39, 0.29) is 17.3 Å². The monoisotopic (exact) mass is 418 g/mol. The van der Waals surface area contributed by atoms with E-state index in [2.05, 4.69) is 15.0 Å². The summed E-state index contributed by atoms with van der Waals surface area (Å²) in [7, 11) is 1.36. The minimum absolute atomic E-state index is 0.0604. The Bertz CT molecular complexity index is 915. The van der Waals surface area contributed by atoms with Crippen molar-refractivity contribution in [3.8, 4) is 11.5 Å². The molecule has 8 heteroatoms. The van der Waals surface area contributed by atoms with Gasteiger partial charge < -0.3 is 14.8 Å². The highest BCUT2D eigenvalue weighted by molar-refractivity contribution is 8.14. The number of allylic oxidation sites excluding steroid dienone is 1. The van der Waals surface area contributed by atoms with E-state index in [1.54, 1.807) is 36.0 Å². The van der Waals surface area contributed by atoms with E-state index in [0.29, 0.717) is 11.1 Å². The molecule has 0 aromatic heterocycles. The minimum atomic E-state index is -2.94. The molecule has 1 heterocycles. The second-order valence-corrected chi connectivity index (χ2v) is 7.16. The van der Waals surface area contributed by atoms with Crippen LogP contribution in [0.5, 0.6) is 11.5 Å². The number of carbonyl (C=O) groups excluding carboxylic acids is 1. The Kier molecular flexibility index (Phi) is 7.24. The second-order valence-electron chi connectivity index (χ2n) is 6.08. The third kappa shape index (κ3) is 6.05. The first kappa shape index (κ1) is 20.9. The maximum absolute atomic E-state index is 12.4. The number of hydrogen-bond acceptors (Lipinski definition) is 6. The summed E-state index contributed by atoms with van der Waals surface area (Å²) in [5, 5.41) is 4.13. The predicted octanol–water partition coefficient (Wildman–Crippen LogP) is 5.10. The number of aliphatic imine (C=N–C) groups is 1. The lowest BCUT2D eigenvalue weighted by Crippen LogP contribution is -2.13. The number of hydrogen-bond donors (Lipinski definition) is 1. The smallest absolute Gasteiger partial charge is 0.387 e. The van der Waals surface area contributed by atoms with E-state index in [0.717, 1.165) is 29.6 Å². The van der Waals surface area contributed by atoms with Crippen molar-refractivity contribution in [3.05, 3.63) is 59.7 Å². The van der Waals surface area contributed by atoms with Crippen molar-refractivity contribution in [2.45, 2.75) is 13.0 Å². The summed E-state index contributed by atoms with van der Waals surface area (Å²) in [4.78, 5) is 16.8. The summed E-state index contributed by atoms with van der Waals surface area (Å²) in [5.74, 6) is 0.981. The van der Waals surface area contributed by atoms with Crippen LogP contribution in [0.15, 0.2) is 53.5 Å². The summed E-state index contributed by atoms with van der Waals surface area (Å²) in [6.45, 7) is -2.11. The Labute approximate surface area is 171 Å². The summed E-state index contributed by atoms with van der Waals surface area (Å²) >= 11 is 1.68.